The van der Waals surface area contributed by atoms with Crippen LogP contribution in [0.4, 0.5) is 0 Å². The third kappa shape index (κ3) is 7.39. The van der Waals surface area contributed by atoms with Crippen LogP contribution in [0.3, 0.4) is 0 Å². The monoisotopic (exact) mass is 294 g/mol. The second-order valence-electron chi connectivity index (χ2n) is 5.21. The predicted octanol–water partition coefficient (Wildman–Crippen LogP) is 2.77. The number of nitrogens with zero attached hydrogens (tertiary/aromatic N) is 2. The molecule has 1 aromatic heterocycles. The SMILES string of the molecule is Cc1ncc(C(CCCCCCC(=O)O)CC(=O)O)cn1. The van der Waals surface area contributed by atoms with Gasteiger partial charge in [0, 0.05) is 18.8 Å². The molecule has 0 fully saturated rings. The highest BCUT2D eigenvalue weighted by Crippen LogP contribution is 2.25. The minimum absolute atomic E-state index is 0.0710. The van der Waals surface area contributed by atoms with Crippen molar-refractivity contribution in [1.82, 2.24) is 9.97 Å². The van der Waals surface area contributed by atoms with E-state index >= 15 is 0 Å². The number of aliphatic carboxylic acids is 2. The molecule has 6 nitrogen and oxygen atoms in total. The fourth-order valence-corrected chi connectivity index (χ4v) is 2.23. The van der Waals surface area contributed by atoms with Gasteiger partial charge in [0.25, 0.3) is 0 Å². The van der Waals surface area contributed by atoms with Gasteiger partial charge < -0.3 is 10.2 Å². The number of rotatable bonds is 10. The molecule has 2 N–H and O–H groups in total. The van der Waals surface area contributed by atoms with Gasteiger partial charge in [0.2, 0.25) is 0 Å². The molecule has 6 heteroatoms. The fraction of sp³-hybridized carbons (Fsp3) is 0.600. The van der Waals surface area contributed by atoms with Gasteiger partial charge in [0.05, 0.1) is 6.42 Å². The topological polar surface area (TPSA) is 100 Å². The van der Waals surface area contributed by atoms with Crippen LogP contribution in [0.15, 0.2) is 12.4 Å². The number of carbonyl (C=O) groups is 2. The van der Waals surface area contributed by atoms with Crippen molar-refractivity contribution >= 4 is 11.9 Å². The van der Waals surface area contributed by atoms with Gasteiger partial charge in [-0.2, -0.15) is 0 Å². The molecule has 0 saturated heterocycles. The number of aryl methyl sites for hydroxylation is 1. The molecule has 1 rings (SSSR count). The smallest absolute Gasteiger partial charge is 0.303 e. The third-order valence-electron chi connectivity index (χ3n) is 3.39. The molecule has 0 radical (unpaired) electrons. The molecule has 0 aliphatic carbocycles. The molecule has 0 aliphatic rings. The van der Waals surface area contributed by atoms with Crippen LogP contribution < -0.4 is 0 Å². The summed E-state index contributed by atoms with van der Waals surface area (Å²) in [6.07, 6.45) is 7.74. The molecule has 0 aromatic carbocycles. The van der Waals surface area contributed by atoms with Gasteiger partial charge in [-0.25, -0.2) is 9.97 Å². The quantitative estimate of drug-likeness (QED) is 0.643. The number of hydrogen-bond acceptors (Lipinski definition) is 4. The maximum atomic E-state index is 11.0. The summed E-state index contributed by atoms with van der Waals surface area (Å²) in [7, 11) is 0. The molecular formula is C15H22N2O4. The number of hydrogen-bond donors (Lipinski definition) is 2. The van der Waals surface area contributed by atoms with Crippen LogP contribution in [0.25, 0.3) is 0 Å². The molecule has 0 spiro atoms. The first-order valence-corrected chi connectivity index (χ1v) is 7.21. The summed E-state index contributed by atoms with van der Waals surface area (Å²) < 4.78 is 0. The summed E-state index contributed by atoms with van der Waals surface area (Å²) in [5.41, 5.74) is 0.855. The van der Waals surface area contributed by atoms with Crippen molar-refractivity contribution in [3.63, 3.8) is 0 Å². The first-order chi connectivity index (χ1) is 9.99. The summed E-state index contributed by atoms with van der Waals surface area (Å²) in [5, 5.41) is 17.5. The molecule has 116 valence electrons. The number of unbranched alkanes of at least 4 members (excludes halogenated alkanes) is 3. The van der Waals surface area contributed by atoms with E-state index in [1.54, 1.807) is 19.3 Å². The molecule has 1 atom stereocenters. The lowest BCUT2D eigenvalue weighted by atomic mass is 9.92. The van der Waals surface area contributed by atoms with Crippen LogP contribution in [-0.2, 0) is 9.59 Å². The van der Waals surface area contributed by atoms with Crippen LogP contribution in [-0.4, -0.2) is 32.1 Å². The zero-order chi connectivity index (χ0) is 15.7. The van der Waals surface area contributed by atoms with Crippen LogP contribution in [0.2, 0.25) is 0 Å². The lowest BCUT2D eigenvalue weighted by Crippen LogP contribution is -2.08. The molecule has 1 aromatic rings. The summed E-state index contributed by atoms with van der Waals surface area (Å²) >= 11 is 0. The van der Waals surface area contributed by atoms with Crippen molar-refractivity contribution in [2.75, 3.05) is 0 Å². The Balaban J connectivity index is 2.42. The average Bonchev–Trinajstić information content (AvgIpc) is 2.41. The summed E-state index contributed by atoms with van der Waals surface area (Å²) in [6.45, 7) is 1.79. The zero-order valence-electron chi connectivity index (χ0n) is 12.3. The normalized spacial score (nSPS) is 12.0. The van der Waals surface area contributed by atoms with E-state index in [0.717, 1.165) is 31.2 Å². The lowest BCUT2D eigenvalue weighted by Gasteiger charge is -2.14. The van der Waals surface area contributed by atoms with Crippen LogP contribution in [0, 0.1) is 6.92 Å². The van der Waals surface area contributed by atoms with Crippen molar-refractivity contribution in [1.29, 1.82) is 0 Å². The van der Waals surface area contributed by atoms with E-state index in [9.17, 15) is 9.59 Å². The Bertz CT molecular complexity index is 459. The minimum atomic E-state index is -0.827. The van der Waals surface area contributed by atoms with Crippen molar-refractivity contribution < 1.29 is 19.8 Å². The van der Waals surface area contributed by atoms with Gasteiger partial charge in [-0.05, 0) is 31.2 Å². The number of carboxylic acids is 2. The van der Waals surface area contributed by atoms with E-state index in [0.29, 0.717) is 12.2 Å². The average molecular weight is 294 g/mol. The highest BCUT2D eigenvalue weighted by Gasteiger charge is 2.16. The van der Waals surface area contributed by atoms with Crippen molar-refractivity contribution in [2.24, 2.45) is 0 Å². The second kappa shape index (κ2) is 9.05. The highest BCUT2D eigenvalue weighted by atomic mass is 16.4. The Morgan fingerprint density at radius 1 is 1.05 bits per heavy atom. The zero-order valence-corrected chi connectivity index (χ0v) is 12.3. The first-order valence-electron chi connectivity index (χ1n) is 7.21. The van der Waals surface area contributed by atoms with Crippen LogP contribution >= 0.6 is 0 Å². The second-order valence-corrected chi connectivity index (χ2v) is 5.21. The standard InChI is InChI=1S/C15H22N2O4/c1-11-16-9-13(10-17-11)12(8-15(20)21)6-4-2-3-5-7-14(18)19/h9-10,12H,2-8H2,1H3,(H,18,19)(H,20,21). The maximum absolute atomic E-state index is 11.0. The highest BCUT2D eigenvalue weighted by molar-refractivity contribution is 5.68. The van der Waals surface area contributed by atoms with Crippen LogP contribution in [0.1, 0.15) is 62.3 Å². The van der Waals surface area contributed by atoms with E-state index in [1.807, 2.05) is 0 Å². The third-order valence-corrected chi connectivity index (χ3v) is 3.39. The lowest BCUT2D eigenvalue weighted by molar-refractivity contribution is -0.138. The van der Waals surface area contributed by atoms with E-state index in [-0.39, 0.29) is 18.8 Å². The molecule has 0 saturated carbocycles. The Kier molecular flexibility index (Phi) is 7.36. The number of carboxylic acid groups (broad SMARTS) is 2. The Hall–Kier alpha value is -1.98. The fourth-order valence-electron chi connectivity index (χ4n) is 2.23. The number of aromatic nitrogens is 2. The predicted molar refractivity (Wildman–Crippen MR) is 77.1 cm³/mol. The van der Waals surface area contributed by atoms with Crippen molar-refractivity contribution in [2.45, 2.75) is 57.8 Å². The van der Waals surface area contributed by atoms with E-state index in [4.69, 9.17) is 10.2 Å². The van der Waals surface area contributed by atoms with Gasteiger partial charge in [0.15, 0.2) is 0 Å². The Labute approximate surface area is 124 Å². The molecule has 21 heavy (non-hydrogen) atoms. The molecular weight excluding hydrogens is 272 g/mol. The van der Waals surface area contributed by atoms with Crippen molar-refractivity contribution in [3.05, 3.63) is 23.8 Å². The molecule has 0 aliphatic heterocycles. The molecule has 1 unspecified atom stereocenters. The minimum Gasteiger partial charge on any atom is -0.481 e. The largest absolute Gasteiger partial charge is 0.481 e. The Morgan fingerprint density at radius 3 is 2.24 bits per heavy atom. The first kappa shape index (κ1) is 17.1. The van der Waals surface area contributed by atoms with Crippen molar-refractivity contribution in [3.8, 4) is 0 Å². The van der Waals surface area contributed by atoms with Gasteiger partial charge in [0.1, 0.15) is 5.82 Å². The summed E-state index contributed by atoms with van der Waals surface area (Å²) in [4.78, 5) is 29.6. The van der Waals surface area contributed by atoms with E-state index in [2.05, 4.69) is 9.97 Å². The Morgan fingerprint density at radius 2 is 1.67 bits per heavy atom. The van der Waals surface area contributed by atoms with E-state index < -0.39 is 11.9 Å². The summed E-state index contributed by atoms with van der Waals surface area (Å²) in [5.74, 6) is -1.01. The molecule has 0 bridgehead atoms. The summed E-state index contributed by atoms with van der Waals surface area (Å²) in [6, 6.07) is 0. The van der Waals surface area contributed by atoms with E-state index in [1.165, 1.54) is 0 Å². The molecule has 1 heterocycles. The van der Waals surface area contributed by atoms with Gasteiger partial charge >= 0.3 is 11.9 Å². The van der Waals surface area contributed by atoms with Gasteiger partial charge in [-0.1, -0.05) is 19.3 Å². The maximum Gasteiger partial charge on any atom is 0.303 e. The van der Waals surface area contributed by atoms with Crippen LogP contribution in [0.5, 0.6) is 0 Å². The van der Waals surface area contributed by atoms with Gasteiger partial charge in [-0.3, -0.25) is 9.59 Å². The molecule has 0 amide bonds. The van der Waals surface area contributed by atoms with Gasteiger partial charge in [-0.15, -0.1) is 0 Å².